The van der Waals surface area contributed by atoms with Crippen LogP contribution in [0.4, 0.5) is 15.8 Å². The fraction of sp³-hybridized carbons (Fsp3) is 0.417. The standard InChI is InChI=1S/C24H31FN4O7S/c1-6-16(2)26-24(31)17(3)27(14-18-7-9-19(25)10-8-18)23(30)15-28(37(5,34)35)21-13-20(29(32)33)11-12-22(21)36-4/h7-13,16-17H,6,14-15H2,1-5H3,(H,26,31). The molecule has 0 radical (unpaired) electrons. The van der Waals surface area contributed by atoms with Crippen LogP contribution in [0.2, 0.25) is 0 Å². The summed E-state index contributed by atoms with van der Waals surface area (Å²) in [6.45, 7) is 4.30. The van der Waals surface area contributed by atoms with Crippen LogP contribution in [0.5, 0.6) is 5.75 Å². The maximum atomic E-state index is 13.6. The first-order valence-electron chi connectivity index (χ1n) is 11.4. The maximum Gasteiger partial charge on any atom is 0.271 e. The van der Waals surface area contributed by atoms with Crippen molar-refractivity contribution in [2.45, 2.75) is 45.8 Å². The molecule has 0 aliphatic heterocycles. The number of nitrogens with one attached hydrogen (secondary N) is 1. The lowest BCUT2D eigenvalue weighted by atomic mass is 10.1. The second-order valence-electron chi connectivity index (χ2n) is 8.52. The minimum atomic E-state index is -4.14. The van der Waals surface area contributed by atoms with Gasteiger partial charge in [-0.1, -0.05) is 19.1 Å². The van der Waals surface area contributed by atoms with Crippen LogP contribution in [0.1, 0.15) is 32.8 Å². The predicted octanol–water partition coefficient (Wildman–Crippen LogP) is 2.84. The van der Waals surface area contributed by atoms with Crippen molar-refractivity contribution < 1.29 is 32.1 Å². The molecule has 1 N–H and O–H groups in total. The lowest BCUT2D eigenvalue weighted by Crippen LogP contribution is -2.52. The van der Waals surface area contributed by atoms with E-state index in [1.165, 1.54) is 49.3 Å². The Kier molecular flexibility index (Phi) is 9.95. The number of halogens is 1. The topological polar surface area (TPSA) is 139 Å². The van der Waals surface area contributed by atoms with Crippen LogP contribution in [0, 0.1) is 15.9 Å². The first-order valence-corrected chi connectivity index (χ1v) is 13.3. The van der Waals surface area contributed by atoms with Crippen molar-refractivity contribution in [2.24, 2.45) is 0 Å². The number of hydrogen-bond donors (Lipinski definition) is 1. The number of amides is 2. The molecule has 2 atom stereocenters. The number of sulfonamides is 1. The van der Waals surface area contributed by atoms with Gasteiger partial charge in [-0.05, 0) is 44.0 Å². The molecule has 2 amide bonds. The van der Waals surface area contributed by atoms with Gasteiger partial charge in [0.1, 0.15) is 29.8 Å². The number of ether oxygens (including phenoxy) is 1. The van der Waals surface area contributed by atoms with Crippen LogP contribution in [0.25, 0.3) is 0 Å². The summed E-state index contributed by atoms with van der Waals surface area (Å²) in [6.07, 6.45) is 1.50. The molecule has 0 fully saturated rings. The number of rotatable bonds is 12. The van der Waals surface area contributed by atoms with Crippen LogP contribution in [0.15, 0.2) is 42.5 Å². The minimum absolute atomic E-state index is 0.00327. The molecule has 0 heterocycles. The number of hydrogen-bond acceptors (Lipinski definition) is 7. The average Bonchev–Trinajstić information content (AvgIpc) is 2.85. The Morgan fingerprint density at radius 3 is 2.30 bits per heavy atom. The molecule has 13 heteroatoms. The third-order valence-corrected chi connectivity index (χ3v) is 6.88. The fourth-order valence-corrected chi connectivity index (χ4v) is 4.26. The molecule has 0 spiro atoms. The lowest BCUT2D eigenvalue weighted by Gasteiger charge is -2.32. The third kappa shape index (κ3) is 7.87. The SMILES string of the molecule is CCC(C)NC(=O)C(C)N(Cc1ccc(F)cc1)C(=O)CN(c1cc([N+](=O)[O-])ccc1OC)S(C)(=O)=O. The Hall–Kier alpha value is -3.74. The number of non-ortho nitro benzene ring substituents is 1. The fourth-order valence-electron chi connectivity index (χ4n) is 3.42. The predicted molar refractivity (Wildman–Crippen MR) is 136 cm³/mol. The van der Waals surface area contributed by atoms with Gasteiger partial charge in [0.05, 0.1) is 18.3 Å². The summed E-state index contributed by atoms with van der Waals surface area (Å²) in [7, 11) is -2.88. The highest BCUT2D eigenvalue weighted by molar-refractivity contribution is 7.92. The van der Waals surface area contributed by atoms with Crippen molar-refractivity contribution in [3.63, 3.8) is 0 Å². The molecule has 0 aliphatic carbocycles. The van der Waals surface area contributed by atoms with Gasteiger partial charge >= 0.3 is 0 Å². The summed E-state index contributed by atoms with van der Waals surface area (Å²) in [5.41, 5.74) is -0.0934. The van der Waals surface area contributed by atoms with Crippen molar-refractivity contribution >= 4 is 33.2 Å². The smallest absolute Gasteiger partial charge is 0.271 e. The molecule has 2 aromatic carbocycles. The van der Waals surface area contributed by atoms with E-state index in [0.29, 0.717) is 16.3 Å². The van der Waals surface area contributed by atoms with E-state index >= 15 is 0 Å². The molecular weight excluding hydrogens is 507 g/mol. The van der Waals surface area contributed by atoms with Gasteiger partial charge in [-0.25, -0.2) is 12.8 Å². The summed E-state index contributed by atoms with van der Waals surface area (Å²) < 4.78 is 44.8. The highest BCUT2D eigenvalue weighted by atomic mass is 32.2. The number of nitro benzene ring substituents is 1. The average molecular weight is 539 g/mol. The number of benzene rings is 2. The Morgan fingerprint density at radius 1 is 1.16 bits per heavy atom. The normalized spacial score (nSPS) is 12.8. The quantitative estimate of drug-likeness (QED) is 0.324. The Bertz CT molecular complexity index is 1240. The van der Waals surface area contributed by atoms with Crippen molar-refractivity contribution in [1.82, 2.24) is 10.2 Å². The van der Waals surface area contributed by atoms with Gasteiger partial charge in [-0.2, -0.15) is 0 Å². The second kappa shape index (κ2) is 12.5. The molecule has 2 unspecified atom stereocenters. The molecule has 0 bridgehead atoms. The molecular formula is C24H31FN4O7S. The molecule has 0 aliphatic rings. The second-order valence-corrected chi connectivity index (χ2v) is 10.4. The van der Waals surface area contributed by atoms with E-state index in [1.807, 2.05) is 6.92 Å². The van der Waals surface area contributed by atoms with Crippen LogP contribution in [-0.2, 0) is 26.2 Å². The zero-order valence-electron chi connectivity index (χ0n) is 21.3. The van der Waals surface area contributed by atoms with Crippen molar-refractivity contribution in [1.29, 1.82) is 0 Å². The Morgan fingerprint density at radius 2 is 1.78 bits per heavy atom. The summed E-state index contributed by atoms with van der Waals surface area (Å²) in [6, 6.07) is 7.51. The van der Waals surface area contributed by atoms with Gasteiger partial charge in [-0.15, -0.1) is 0 Å². The molecule has 11 nitrogen and oxygen atoms in total. The third-order valence-electron chi connectivity index (χ3n) is 5.76. The van der Waals surface area contributed by atoms with Gasteiger partial charge < -0.3 is 15.0 Å². The van der Waals surface area contributed by atoms with Gasteiger partial charge in [0, 0.05) is 24.7 Å². The van der Waals surface area contributed by atoms with Gasteiger partial charge in [0.15, 0.2) is 0 Å². The van der Waals surface area contributed by atoms with Crippen molar-refractivity contribution in [3.8, 4) is 5.75 Å². The molecule has 202 valence electrons. The van der Waals surface area contributed by atoms with E-state index in [0.717, 1.165) is 18.4 Å². The zero-order chi connectivity index (χ0) is 27.9. The van der Waals surface area contributed by atoms with Crippen LogP contribution < -0.4 is 14.4 Å². The van der Waals surface area contributed by atoms with E-state index in [2.05, 4.69) is 5.32 Å². The van der Waals surface area contributed by atoms with Crippen LogP contribution >= 0.6 is 0 Å². The molecule has 2 rings (SSSR count). The highest BCUT2D eigenvalue weighted by Crippen LogP contribution is 2.33. The van der Waals surface area contributed by atoms with Gasteiger partial charge in [0.25, 0.3) is 5.69 Å². The van der Waals surface area contributed by atoms with Crippen LogP contribution in [-0.4, -0.2) is 62.0 Å². The number of nitro groups is 1. The Balaban J connectivity index is 2.50. The number of anilines is 1. The first-order chi connectivity index (χ1) is 17.3. The minimum Gasteiger partial charge on any atom is -0.495 e. The van der Waals surface area contributed by atoms with E-state index in [4.69, 9.17) is 4.74 Å². The van der Waals surface area contributed by atoms with Gasteiger partial charge in [-0.3, -0.25) is 24.0 Å². The van der Waals surface area contributed by atoms with E-state index in [-0.39, 0.29) is 24.0 Å². The molecule has 0 aromatic heterocycles. The first kappa shape index (κ1) is 29.5. The van der Waals surface area contributed by atoms with Gasteiger partial charge in [0.2, 0.25) is 21.8 Å². The largest absolute Gasteiger partial charge is 0.495 e. The number of methoxy groups -OCH3 is 1. The van der Waals surface area contributed by atoms with Crippen molar-refractivity contribution in [3.05, 3.63) is 64.0 Å². The Labute approximate surface area is 215 Å². The summed E-state index contributed by atoms with van der Waals surface area (Å²) in [5.74, 6) is -1.69. The zero-order valence-corrected chi connectivity index (χ0v) is 22.1. The summed E-state index contributed by atoms with van der Waals surface area (Å²) in [5, 5.41) is 14.1. The van der Waals surface area contributed by atoms with Crippen molar-refractivity contribution in [2.75, 3.05) is 24.2 Å². The number of nitrogens with zero attached hydrogens (tertiary/aromatic N) is 3. The van der Waals surface area contributed by atoms with E-state index in [9.17, 15) is 32.5 Å². The number of carbonyl (C=O) groups excluding carboxylic acids is 2. The van der Waals surface area contributed by atoms with E-state index in [1.54, 1.807) is 6.92 Å². The summed E-state index contributed by atoms with van der Waals surface area (Å²) in [4.78, 5) is 38.2. The monoisotopic (exact) mass is 538 g/mol. The van der Waals surface area contributed by atoms with E-state index < -0.39 is 50.9 Å². The molecule has 2 aromatic rings. The number of carbonyl (C=O) groups is 2. The lowest BCUT2D eigenvalue weighted by molar-refractivity contribution is -0.384. The molecule has 0 saturated heterocycles. The maximum absolute atomic E-state index is 13.6. The van der Waals surface area contributed by atoms with Crippen LogP contribution in [0.3, 0.4) is 0 Å². The molecule has 37 heavy (non-hydrogen) atoms. The highest BCUT2D eigenvalue weighted by Gasteiger charge is 2.32. The molecule has 0 saturated carbocycles. The summed E-state index contributed by atoms with van der Waals surface area (Å²) >= 11 is 0.